The molecule has 1 aromatic carbocycles. The average molecular weight is 339 g/mol. The fraction of sp³-hybridized carbons (Fsp3) is 0.500. The Balaban J connectivity index is 1.59. The Morgan fingerprint density at radius 3 is 2.68 bits per heavy atom. The predicted octanol–water partition coefficient (Wildman–Crippen LogP) is 3.27. The SMILES string of the molecule is CCc1[nH]nc(C(=O)N2C[C@@H](c3ccccc3)O[C@@H](C3CC3)C2)c1C. The number of morpholine rings is 1. The summed E-state index contributed by atoms with van der Waals surface area (Å²) in [5.74, 6) is 0.608. The molecule has 1 amide bonds. The van der Waals surface area contributed by atoms with Gasteiger partial charge in [-0.05, 0) is 37.7 Å². The van der Waals surface area contributed by atoms with E-state index in [0.29, 0.717) is 24.7 Å². The van der Waals surface area contributed by atoms with E-state index < -0.39 is 0 Å². The highest BCUT2D eigenvalue weighted by atomic mass is 16.5. The van der Waals surface area contributed by atoms with E-state index in [0.717, 1.165) is 23.2 Å². The van der Waals surface area contributed by atoms with Crippen molar-refractivity contribution in [2.24, 2.45) is 5.92 Å². The van der Waals surface area contributed by atoms with E-state index >= 15 is 0 Å². The highest BCUT2D eigenvalue weighted by molar-refractivity contribution is 5.94. The van der Waals surface area contributed by atoms with Gasteiger partial charge in [0.15, 0.2) is 5.69 Å². The zero-order valence-corrected chi connectivity index (χ0v) is 14.9. The van der Waals surface area contributed by atoms with Crippen LogP contribution in [0.4, 0.5) is 0 Å². The van der Waals surface area contributed by atoms with Crippen molar-refractivity contribution < 1.29 is 9.53 Å². The number of hydrogen-bond donors (Lipinski definition) is 1. The number of benzene rings is 1. The molecule has 5 heteroatoms. The highest BCUT2D eigenvalue weighted by Crippen LogP contribution is 2.39. The van der Waals surface area contributed by atoms with Crippen LogP contribution in [0.5, 0.6) is 0 Å². The fourth-order valence-corrected chi connectivity index (χ4v) is 3.67. The number of aryl methyl sites for hydroxylation is 1. The third-order valence-corrected chi connectivity index (χ3v) is 5.40. The maximum absolute atomic E-state index is 13.1. The molecule has 1 saturated heterocycles. The third kappa shape index (κ3) is 3.21. The lowest BCUT2D eigenvalue weighted by Crippen LogP contribution is -2.48. The van der Waals surface area contributed by atoms with E-state index in [4.69, 9.17) is 4.74 Å². The molecular weight excluding hydrogens is 314 g/mol. The van der Waals surface area contributed by atoms with Crippen molar-refractivity contribution in [2.45, 2.75) is 45.3 Å². The molecule has 0 unspecified atom stereocenters. The van der Waals surface area contributed by atoms with Gasteiger partial charge in [0.1, 0.15) is 6.10 Å². The van der Waals surface area contributed by atoms with E-state index in [9.17, 15) is 4.79 Å². The molecule has 2 fully saturated rings. The number of aromatic amines is 1. The van der Waals surface area contributed by atoms with Gasteiger partial charge in [-0.2, -0.15) is 5.10 Å². The minimum absolute atomic E-state index is 0.0170. The quantitative estimate of drug-likeness (QED) is 0.930. The van der Waals surface area contributed by atoms with Crippen LogP contribution in [-0.4, -0.2) is 40.2 Å². The summed E-state index contributed by atoms with van der Waals surface area (Å²) >= 11 is 0. The summed E-state index contributed by atoms with van der Waals surface area (Å²) in [6, 6.07) is 10.2. The second kappa shape index (κ2) is 6.64. The van der Waals surface area contributed by atoms with Crippen molar-refractivity contribution in [1.82, 2.24) is 15.1 Å². The van der Waals surface area contributed by atoms with Gasteiger partial charge in [0, 0.05) is 17.8 Å². The number of H-pyrrole nitrogens is 1. The first-order valence-electron chi connectivity index (χ1n) is 9.21. The number of hydrogen-bond acceptors (Lipinski definition) is 3. The maximum atomic E-state index is 13.1. The first-order valence-corrected chi connectivity index (χ1v) is 9.21. The Hall–Kier alpha value is -2.14. The number of ether oxygens (including phenoxy) is 1. The van der Waals surface area contributed by atoms with Gasteiger partial charge in [-0.1, -0.05) is 37.3 Å². The summed E-state index contributed by atoms with van der Waals surface area (Å²) in [7, 11) is 0. The number of rotatable bonds is 4. The summed E-state index contributed by atoms with van der Waals surface area (Å²) in [6.45, 7) is 5.29. The largest absolute Gasteiger partial charge is 0.366 e. The number of nitrogens with one attached hydrogen (secondary N) is 1. The fourth-order valence-electron chi connectivity index (χ4n) is 3.67. The minimum Gasteiger partial charge on any atom is -0.366 e. The monoisotopic (exact) mass is 339 g/mol. The second-order valence-corrected chi connectivity index (χ2v) is 7.15. The molecule has 0 spiro atoms. The van der Waals surface area contributed by atoms with E-state index in [1.165, 1.54) is 12.8 Å². The van der Waals surface area contributed by atoms with Crippen molar-refractivity contribution in [2.75, 3.05) is 13.1 Å². The number of carbonyl (C=O) groups is 1. The Morgan fingerprint density at radius 2 is 2.04 bits per heavy atom. The van der Waals surface area contributed by atoms with Crippen LogP contribution in [0.25, 0.3) is 0 Å². The molecule has 1 N–H and O–H groups in total. The van der Waals surface area contributed by atoms with Crippen molar-refractivity contribution in [1.29, 1.82) is 0 Å². The molecule has 2 atom stereocenters. The minimum atomic E-state index is -0.0607. The lowest BCUT2D eigenvalue weighted by atomic mass is 10.0. The van der Waals surface area contributed by atoms with Gasteiger partial charge in [0.25, 0.3) is 5.91 Å². The number of aromatic nitrogens is 2. The van der Waals surface area contributed by atoms with Crippen LogP contribution in [0.2, 0.25) is 0 Å². The van der Waals surface area contributed by atoms with E-state index in [1.54, 1.807) is 0 Å². The zero-order chi connectivity index (χ0) is 17.4. The number of amides is 1. The first kappa shape index (κ1) is 16.3. The van der Waals surface area contributed by atoms with Gasteiger partial charge in [0.05, 0.1) is 12.6 Å². The molecular formula is C20H25N3O2. The van der Waals surface area contributed by atoms with Crippen LogP contribution >= 0.6 is 0 Å². The van der Waals surface area contributed by atoms with Gasteiger partial charge in [-0.25, -0.2) is 0 Å². The molecule has 25 heavy (non-hydrogen) atoms. The second-order valence-electron chi connectivity index (χ2n) is 7.15. The van der Waals surface area contributed by atoms with Crippen LogP contribution < -0.4 is 0 Å². The summed E-state index contributed by atoms with van der Waals surface area (Å²) in [6.07, 6.45) is 3.33. The molecule has 1 saturated carbocycles. The molecule has 0 radical (unpaired) electrons. The van der Waals surface area contributed by atoms with Crippen LogP contribution in [0.3, 0.4) is 0 Å². The Kier molecular flexibility index (Phi) is 4.34. The Morgan fingerprint density at radius 1 is 1.28 bits per heavy atom. The van der Waals surface area contributed by atoms with E-state index in [1.807, 2.05) is 30.0 Å². The molecule has 2 heterocycles. The smallest absolute Gasteiger partial charge is 0.274 e. The highest BCUT2D eigenvalue weighted by Gasteiger charge is 2.40. The van der Waals surface area contributed by atoms with E-state index in [-0.39, 0.29) is 18.1 Å². The molecule has 5 nitrogen and oxygen atoms in total. The van der Waals surface area contributed by atoms with Gasteiger partial charge in [-0.3, -0.25) is 9.89 Å². The number of carbonyl (C=O) groups excluding carboxylic acids is 1. The van der Waals surface area contributed by atoms with Gasteiger partial charge in [0.2, 0.25) is 0 Å². The molecule has 4 rings (SSSR count). The van der Waals surface area contributed by atoms with Gasteiger partial charge >= 0.3 is 0 Å². The summed E-state index contributed by atoms with van der Waals surface area (Å²) in [4.78, 5) is 15.0. The summed E-state index contributed by atoms with van der Waals surface area (Å²) in [5.41, 5.74) is 3.70. The van der Waals surface area contributed by atoms with Crippen molar-refractivity contribution in [3.63, 3.8) is 0 Å². The van der Waals surface area contributed by atoms with Crippen LogP contribution in [0.1, 0.15) is 53.2 Å². The standard InChI is InChI=1S/C20H25N3O2/c1-3-16-13(2)19(22-21-16)20(24)23-11-17(14-7-5-4-6-8-14)25-18(12-23)15-9-10-15/h4-8,15,17-18H,3,9-12H2,1-2H3,(H,21,22)/t17-,18+/m0/s1. The maximum Gasteiger partial charge on any atom is 0.274 e. The lowest BCUT2D eigenvalue weighted by Gasteiger charge is -2.38. The van der Waals surface area contributed by atoms with Gasteiger partial charge in [-0.15, -0.1) is 0 Å². The van der Waals surface area contributed by atoms with Crippen LogP contribution in [0, 0.1) is 12.8 Å². The topological polar surface area (TPSA) is 58.2 Å². The molecule has 1 aliphatic carbocycles. The molecule has 132 valence electrons. The van der Waals surface area contributed by atoms with E-state index in [2.05, 4.69) is 29.3 Å². The molecule has 2 aromatic rings. The van der Waals surface area contributed by atoms with Crippen molar-refractivity contribution in [3.8, 4) is 0 Å². The van der Waals surface area contributed by atoms with Gasteiger partial charge < -0.3 is 9.64 Å². The van der Waals surface area contributed by atoms with Crippen molar-refractivity contribution in [3.05, 3.63) is 52.8 Å². The summed E-state index contributed by atoms with van der Waals surface area (Å²) < 4.78 is 6.35. The van der Waals surface area contributed by atoms with Crippen LogP contribution in [0.15, 0.2) is 30.3 Å². The Labute approximate surface area is 148 Å². The summed E-state index contributed by atoms with van der Waals surface area (Å²) in [5, 5.41) is 7.29. The predicted molar refractivity (Wildman–Crippen MR) is 95.4 cm³/mol. The zero-order valence-electron chi connectivity index (χ0n) is 14.9. The number of nitrogens with zero attached hydrogens (tertiary/aromatic N) is 2. The van der Waals surface area contributed by atoms with Crippen molar-refractivity contribution >= 4 is 5.91 Å². The molecule has 1 aliphatic heterocycles. The molecule has 2 aliphatic rings. The molecule has 1 aromatic heterocycles. The van der Waals surface area contributed by atoms with Crippen LogP contribution in [-0.2, 0) is 11.2 Å². The third-order valence-electron chi connectivity index (χ3n) is 5.40. The first-order chi connectivity index (χ1) is 12.2. The lowest BCUT2D eigenvalue weighted by molar-refractivity contribution is -0.0865. The Bertz CT molecular complexity index is 752. The molecule has 0 bridgehead atoms. The average Bonchev–Trinajstić information content (AvgIpc) is 3.44. The normalized spacial score (nSPS) is 23.7.